The largest absolute Gasteiger partial charge is 0.449 e. The number of nitrogens with one attached hydrogen (secondary N) is 2. The van der Waals surface area contributed by atoms with Gasteiger partial charge in [0.1, 0.15) is 11.1 Å². The molecule has 1 aromatic rings. The van der Waals surface area contributed by atoms with Crippen LogP contribution in [0.2, 0.25) is 0 Å². The number of hydrogen-bond acceptors (Lipinski definition) is 6. The third-order valence-electron chi connectivity index (χ3n) is 4.16. The van der Waals surface area contributed by atoms with Crippen LogP contribution in [0.4, 0.5) is 9.80 Å². The maximum Gasteiger partial charge on any atom is 0.406 e. The molecule has 0 spiro atoms. The van der Waals surface area contributed by atoms with Crippen molar-refractivity contribution in [3.05, 3.63) is 53.1 Å². The van der Waals surface area contributed by atoms with Gasteiger partial charge < -0.3 is 15.4 Å². The molecule has 1 aromatic heterocycles. The molecular formula is C20H22N4O3S. The van der Waals surface area contributed by atoms with E-state index in [1.807, 2.05) is 0 Å². The summed E-state index contributed by atoms with van der Waals surface area (Å²) >= 11 is 1.40. The Morgan fingerprint density at radius 3 is 2.93 bits per heavy atom. The molecule has 0 aromatic carbocycles. The van der Waals surface area contributed by atoms with Crippen molar-refractivity contribution in [2.45, 2.75) is 19.3 Å². The average Bonchev–Trinajstić information content (AvgIpc) is 3.04. The van der Waals surface area contributed by atoms with Gasteiger partial charge in [-0.15, -0.1) is 11.3 Å². The molecular weight excluding hydrogens is 376 g/mol. The fourth-order valence-electron chi connectivity index (χ4n) is 2.80. The van der Waals surface area contributed by atoms with Gasteiger partial charge in [-0.3, -0.25) is 9.79 Å². The Hall–Kier alpha value is -3.18. The fourth-order valence-corrected chi connectivity index (χ4v) is 4.11. The van der Waals surface area contributed by atoms with Crippen molar-refractivity contribution in [3.8, 4) is 6.07 Å². The third kappa shape index (κ3) is 5.66. The summed E-state index contributed by atoms with van der Waals surface area (Å²) < 4.78 is 5.14. The quantitative estimate of drug-likeness (QED) is 0.417. The molecule has 8 heteroatoms. The summed E-state index contributed by atoms with van der Waals surface area (Å²) in [6, 6.07) is 2.20. The zero-order chi connectivity index (χ0) is 20.5. The summed E-state index contributed by atoms with van der Waals surface area (Å²) in [5.74, 6) is -0.145. The summed E-state index contributed by atoms with van der Waals surface area (Å²) in [5.41, 5.74) is 2.05. The van der Waals surface area contributed by atoms with Crippen molar-refractivity contribution in [2.75, 3.05) is 19.0 Å². The van der Waals surface area contributed by atoms with E-state index in [4.69, 9.17) is 4.74 Å². The molecule has 0 fully saturated rings. The van der Waals surface area contributed by atoms with Crippen LogP contribution in [0.25, 0.3) is 0 Å². The average molecular weight is 398 g/mol. The first kappa shape index (κ1) is 21.1. The number of allylic oxidation sites excluding steroid dienone is 2. The van der Waals surface area contributed by atoms with E-state index < -0.39 is 6.09 Å². The Kier molecular flexibility index (Phi) is 7.72. The molecule has 0 saturated heterocycles. The Labute approximate surface area is 168 Å². The maximum atomic E-state index is 12.2. The molecule has 28 heavy (non-hydrogen) atoms. The molecule has 1 atom stereocenters. The standard InChI is InChI=1S/C20H22N4O3S/c1-4-23-11-13(2)5-8-18(25)24-19-16(10-21)15-7-6-14(9-17(15)28-19)12-27-20(26)22-3/h4-5,8,11,14H,1-2,6-7,9,12H2,3H3,(H,22,26)(H,24,25)/b8-5+,23-11?/t14-/m1/s1. The van der Waals surface area contributed by atoms with Crippen LogP contribution in [0.1, 0.15) is 22.4 Å². The number of anilines is 1. The summed E-state index contributed by atoms with van der Waals surface area (Å²) in [6.07, 6.45) is 7.55. The second-order valence-corrected chi connectivity index (χ2v) is 7.24. The first-order chi connectivity index (χ1) is 13.5. The van der Waals surface area contributed by atoms with Gasteiger partial charge >= 0.3 is 6.09 Å². The number of fused-ring (bicyclic) bond motifs is 1. The molecule has 2 N–H and O–H groups in total. The highest BCUT2D eigenvalue weighted by atomic mass is 32.1. The lowest BCUT2D eigenvalue weighted by Gasteiger charge is -2.21. The number of carbonyl (C=O) groups is 2. The zero-order valence-electron chi connectivity index (χ0n) is 15.7. The Balaban J connectivity index is 2.05. The Morgan fingerprint density at radius 2 is 2.25 bits per heavy atom. The summed E-state index contributed by atoms with van der Waals surface area (Å²) in [5, 5.41) is 15.3. The van der Waals surface area contributed by atoms with Crippen molar-refractivity contribution < 1.29 is 14.3 Å². The molecule has 1 aliphatic carbocycles. The first-order valence-corrected chi connectivity index (χ1v) is 9.51. The van der Waals surface area contributed by atoms with Crippen LogP contribution in [0.15, 0.2) is 42.1 Å². The highest BCUT2D eigenvalue weighted by Gasteiger charge is 2.27. The summed E-state index contributed by atoms with van der Waals surface area (Å²) in [6.45, 7) is 7.54. The van der Waals surface area contributed by atoms with Crippen LogP contribution >= 0.6 is 11.3 Å². The number of alkyl carbamates (subject to hydrolysis) is 1. The molecule has 146 valence electrons. The second-order valence-electron chi connectivity index (χ2n) is 6.14. The predicted molar refractivity (Wildman–Crippen MR) is 111 cm³/mol. The topological polar surface area (TPSA) is 104 Å². The minimum Gasteiger partial charge on any atom is -0.449 e. The molecule has 0 radical (unpaired) electrons. The third-order valence-corrected chi connectivity index (χ3v) is 5.33. The lowest BCUT2D eigenvalue weighted by molar-refractivity contribution is -0.111. The van der Waals surface area contributed by atoms with Crippen molar-refractivity contribution in [1.29, 1.82) is 5.26 Å². The van der Waals surface area contributed by atoms with Crippen molar-refractivity contribution in [3.63, 3.8) is 0 Å². The van der Waals surface area contributed by atoms with Gasteiger partial charge in [-0.2, -0.15) is 5.26 Å². The zero-order valence-corrected chi connectivity index (χ0v) is 16.5. The van der Waals surface area contributed by atoms with Crippen LogP contribution in [0.3, 0.4) is 0 Å². The van der Waals surface area contributed by atoms with Crippen LogP contribution in [0, 0.1) is 17.2 Å². The lowest BCUT2D eigenvalue weighted by atomic mass is 9.88. The van der Waals surface area contributed by atoms with Crippen LogP contribution in [-0.4, -0.2) is 31.9 Å². The van der Waals surface area contributed by atoms with Gasteiger partial charge in [0.2, 0.25) is 5.91 Å². The summed E-state index contributed by atoms with van der Waals surface area (Å²) in [7, 11) is 1.52. The van der Waals surface area contributed by atoms with Crippen LogP contribution < -0.4 is 10.6 Å². The summed E-state index contributed by atoms with van der Waals surface area (Å²) in [4.78, 5) is 28.3. The van der Waals surface area contributed by atoms with Crippen LogP contribution in [0.5, 0.6) is 0 Å². The number of nitriles is 1. The molecule has 2 amide bonds. The highest BCUT2D eigenvalue weighted by molar-refractivity contribution is 7.16. The second kappa shape index (κ2) is 10.2. The Bertz CT molecular complexity index is 877. The number of rotatable bonds is 7. The molecule has 0 bridgehead atoms. The molecule has 0 unspecified atom stereocenters. The van der Waals surface area contributed by atoms with E-state index in [0.717, 1.165) is 23.3 Å². The molecule has 2 rings (SSSR count). The number of carbonyl (C=O) groups excluding carboxylic acids is 2. The normalized spacial score (nSPS) is 15.6. The maximum absolute atomic E-state index is 12.2. The van der Waals surface area contributed by atoms with Gasteiger partial charge in [-0.25, -0.2) is 4.79 Å². The van der Waals surface area contributed by atoms with E-state index in [0.29, 0.717) is 29.2 Å². The number of hydrogen-bond donors (Lipinski definition) is 2. The molecule has 1 heterocycles. The molecule has 7 nitrogen and oxygen atoms in total. The van der Waals surface area contributed by atoms with Crippen molar-refractivity contribution in [1.82, 2.24) is 5.32 Å². The number of thiophene rings is 1. The minimum absolute atomic E-state index is 0.200. The highest BCUT2D eigenvalue weighted by Crippen LogP contribution is 2.39. The van der Waals surface area contributed by atoms with Gasteiger partial charge in [0.25, 0.3) is 0 Å². The smallest absolute Gasteiger partial charge is 0.406 e. The number of amides is 2. The van der Waals surface area contributed by atoms with E-state index in [2.05, 4.69) is 34.9 Å². The van der Waals surface area contributed by atoms with Crippen LogP contribution in [-0.2, 0) is 22.4 Å². The lowest BCUT2D eigenvalue weighted by Crippen LogP contribution is -2.25. The molecule has 1 aliphatic rings. The number of nitrogens with zero attached hydrogens (tertiary/aromatic N) is 2. The van der Waals surface area contributed by atoms with E-state index >= 15 is 0 Å². The predicted octanol–water partition coefficient (Wildman–Crippen LogP) is 3.35. The van der Waals surface area contributed by atoms with E-state index in [1.54, 1.807) is 0 Å². The fraction of sp³-hybridized carbons (Fsp3) is 0.300. The van der Waals surface area contributed by atoms with Gasteiger partial charge in [-0.1, -0.05) is 13.2 Å². The number of ether oxygens (including phenoxy) is 1. The van der Waals surface area contributed by atoms with E-state index in [1.165, 1.54) is 43.0 Å². The van der Waals surface area contributed by atoms with Gasteiger partial charge in [0.15, 0.2) is 0 Å². The SMILES string of the molecule is C=CN=CC(=C)/C=C/C(=O)Nc1sc2c(c1C#N)CC[C@@H](COC(=O)NC)C2. The molecule has 0 saturated carbocycles. The monoisotopic (exact) mass is 398 g/mol. The van der Waals surface area contributed by atoms with E-state index in [9.17, 15) is 14.9 Å². The minimum atomic E-state index is -0.450. The van der Waals surface area contributed by atoms with E-state index in [-0.39, 0.29) is 11.8 Å². The molecule has 0 aliphatic heterocycles. The van der Waals surface area contributed by atoms with Crippen molar-refractivity contribution >= 4 is 34.6 Å². The van der Waals surface area contributed by atoms with Gasteiger partial charge in [-0.05, 0) is 42.4 Å². The van der Waals surface area contributed by atoms with Crippen molar-refractivity contribution in [2.24, 2.45) is 10.9 Å². The Morgan fingerprint density at radius 1 is 1.46 bits per heavy atom. The first-order valence-electron chi connectivity index (χ1n) is 8.69. The van der Waals surface area contributed by atoms with Gasteiger partial charge in [0, 0.05) is 30.4 Å². The van der Waals surface area contributed by atoms with Gasteiger partial charge in [0.05, 0.1) is 12.2 Å². The number of aliphatic imine (C=N–C) groups is 1.